The zero-order valence-corrected chi connectivity index (χ0v) is 11.0. The van der Waals surface area contributed by atoms with Crippen LogP contribution < -0.4 is 10.0 Å². The first-order valence-electron chi connectivity index (χ1n) is 5.45. The van der Waals surface area contributed by atoms with E-state index in [2.05, 4.69) is 10.0 Å². The van der Waals surface area contributed by atoms with Crippen LogP contribution in [0, 0.1) is 11.6 Å². The van der Waals surface area contributed by atoms with Crippen LogP contribution in [0.5, 0.6) is 0 Å². The Balaban J connectivity index is 2.61. The quantitative estimate of drug-likeness (QED) is 0.821. The molecule has 0 bridgehead atoms. The lowest BCUT2D eigenvalue weighted by Gasteiger charge is -2.15. The van der Waals surface area contributed by atoms with Gasteiger partial charge in [0.15, 0.2) is 0 Å². The van der Waals surface area contributed by atoms with Crippen LogP contribution in [0.25, 0.3) is 0 Å². The molecule has 102 valence electrons. The van der Waals surface area contributed by atoms with Crippen LogP contribution in [0.1, 0.15) is 18.5 Å². The van der Waals surface area contributed by atoms with E-state index in [0.717, 1.165) is 18.2 Å². The van der Waals surface area contributed by atoms with Crippen molar-refractivity contribution in [3.63, 3.8) is 0 Å². The standard InChI is InChI=1S/C11H16F2N2O2S/c1-8(15-5-6-18(16,17)14-2)10-7-9(12)3-4-11(10)13/h3-4,7-8,14-15H,5-6H2,1-2H3. The topological polar surface area (TPSA) is 58.2 Å². The zero-order valence-electron chi connectivity index (χ0n) is 10.2. The smallest absolute Gasteiger partial charge is 0.212 e. The molecule has 0 radical (unpaired) electrons. The molecule has 0 saturated heterocycles. The van der Waals surface area contributed by atoms with Crippen molar-refractivity contribution in [1.29, 1.82) is 0 Å². The Morgan fingerprint density at radius 3 is 2.61 bits per heavy atom. The van der Waals surface area contributed by atoms with Crippen LogP contribution >= 0.6 is 0 Å². The highest BCUT2D eigenvalue weighted by atomic mass is 32.2. The van der Waals surface area contributed by atoms with E-state index in [9.17, 15) is 17.2 Å². The van der Waals surface area contributed by atoms with Gasteiger partial charge in [-0.25, -0.2) is 21.9 Å². The lowest BCUT2D eigenvalue weighted by molar-refractivity contribution is 0.525. The van der Waals surface area contributed by atoms with Gasteiger partial charge in [-0.05, 0) is 32.2 Å². The first-order valence-corrected chi connectivity index (χ1v) is 7.10. The largest absolute Gasteiger partial charge is 0.309 e. The Labute approximate surface area is 105 Å². The summed E-state index contributed by atoms with van der Waals surface area (Å²) in [5, 5.41) is 2.83. The van der Waals surface area contributed by atoms with Gasteiger partial charge in [0.25, 0.3) is 0 Å². The summed E-state index contributed by atoms with van der Waals surface area (Å²) in [6.07, 6.45) is 0. The fourth-order valence-corrected chi connectivity index (χ4v) is 2.06. The van der Waals surface area contributed by atoms with Gasteiger partial charge in [-0.2, -0.15) is 0 Å². The molecule has 0 aliphatic rings. The summed E-state index contributed by atoms with van der Waals surface area (Å²) in [7, 11) is -1.97. The van der Waals surface area contributed by atoms with E-state index >= 15 is 0 Å². The highest BCUT2D eigenvalue weighted by molar-refractivity contribution is 7.89. The fraction of sp³-hybridized carbons (Fsp3) is 0.455. The Morgan fingerprint density at radius 2 is 2.00 bits per heavy atom. The van der Waals surface area contributed by atoms with Crippen molar-refractivity contribution in [3.05, 3.63) is 35.4 Å². The van der Waals surface area contributed by atoms with E-state index in [1.54, 1.807) is 6.92 Å². The van der Waals surface area contributed by atoms with Crippen molar-refractivity contribution < 1.29 is 17.2 Å². The molecule has 1 atom stereocenters. The molecule has 1 aromatic carbocycles. The molecular formula is C11H16F2N2O2S. The van der Waals surface area contributed by atoms with Crippen LogP contribution in [-0.2, 0) is 10.0 Å². The van der Waals surface area contributed by atoms with Crippen LogP contribution in [0.2, 0.25) is 0 Å². The van der Waals surface area contributed by atoms with Gasteiger partial charge in [0.1, 0.15) is 11.6 Å². The van der Waals surface area contributed by atoms with Gasteiger partial charge in [0.05, 0.1) is 5.75 Å². The summed E-state index contributed by atoms with van der Waals surface area (Å²) in [6, 6.07) is 2.72. The summed E-state index contributed by atoms with van der Waals surface area (Å²) in [4.78, 5) is 0. The molecule has 0 amide bonds. The molecule has 1 rings (SSSR count). The summed E-state index contributed by atoms with van der Waals surface area (Å²) in [5.41, 5.74) is 0.178. The molecule has 4 nitrogen and oxygen atoms in total. The van der Waals surface area contributed by atoms with E-state index in [1.807, 2.05) is 0 Å². The number of hydrogen-bond donors (Lipinski definition) is 2. The molecule has 0 aromatic heterocycles. The van der Waals surface area contributed by atoms with Gasteiger partial charge < -0.3 is 5.32 Å². The molecule has 0 saturated carbocycles. The number of halogens is 2. The van der Waals surface area contributed by atoms with Gasteiger partial charge in [0.2, 0.25) is 10.0 Å². The maximum Gasteiger partial charge on any atom is 0.212 e. The highest BCUT2D eigenvalue weighted by Crippen LogP contribution is 2.17. The first-order chi connectivity index (χ1) is 8.35. The van der Waals surface area contributed by atoms with Crippen LogP contribution in [0.3, 0.4) is 0 Å². The second-order valence-corrected chi connectivity index (χ2v) is 5.91. The maximum absolute atomic E-state index is 13.4. The summed E-state index contributed by atoms with van der Waals surface area (Å²) < 4.78 is 50.9. The summed E-state index contributed by atoms with van der Waals surface area (Å²) >= 11 is 0. The van der Waals surface area contributed by atoms with Crippen LogP contribution in [-0.4, -0.2) is 27.8 Å². The van der Waals surface area contributed by atoms with Gasteiger partial charge in [-0.3, -0.25) is 0 Å². The Morgan fingerprint density at radius 1 is 1.33 bits per heavy atom. The second kappa shape index (κ2) is 6.21. The molecule has 2 N–H and O–H groups in total. The number of rotatable bonds is 6. The maximum atomic E-state index is 13.4. The summed E-state index contributed by atoms with van der Waals surface area (Å²) in [6.45, 7) is 1.80. The average molecular weight is 278 g/mol. The molecule has 0 heterocycles. The number of sulfonamides is 1. The lowest BCUT2D eigenvalue weighted by Crippen LogP contribution is -2.31. The fourth-order valence-electron chi connectivity index (χ4n) is 1.47. The van der Waals surface area contributed by atoms with Crippen molar-refractivity contribution >= 4 is 10.0 Å². The van der Waals surface area contributed by atoms with E-state index < -0.39 is 27.7 Å². The molecular weight excluding hydrogens is 262 g/mol. The van der Waals surface area contributed by atoms with E-state index in [0.29, 0.717) is 0 Å². The molecule has 0 aliphatic carbocycles. The van der Waals surface area contributed by atoms with Crippen molar-refractivity contribution in [1.82, 2.24) is 10.0 Å². The van der Waals surface area contributed by atoms with Crippen molar-refractivity contribution in [3.8, 4) is 0 Å². The van der Waals surface area contributed by atoms with Gasteiger partial charge >= 0.3 is 0 Å². The minimum absolute atomic E-state index is 0.120. The molecule has 0 spiro atoms. The normalized spacial score (nSPS) is 13.6. The molecule has 0 aliphatic heterocycles. The van der Waals surface area contributed by atoms with Crippen molar-refractivity contribution in [2.45, 2.75) is 13.0 Å². The predicted molar refractivity (Wildman–Crippen MR) is 65.6 cm³/mol. The van der Waals surface area contributed by atoms with Crippen molar-refractivity contribution in [2.24, 2.45) is 0 Å². The third-order valence-corrected chi connectivity index (χ3v) is 3.92. The third-order valence-electron chi connectivity index (χ3n) is 2.56. The van der Waals surface area contributed by atoms with E-state index in [4.69, 9.17) is 0 Å². The number of hydrogen-bond acceptors (Lipinski definition) is 3. The molecule has 1 aromatic rings. The van der Waals surface area contributed by atoms with Crippen molar-refractivity contribution in [2.75, 3.05) is 19.3 Å². The summed E-state index contributed by atoms with van der Waals surface area (Å²) in [5.74, 6) is -1.17. The Bertz CT molecular complexity index is 506. The minimum Gasteiger partial charge on any atom is -0.309 e. The monoisotopic (exact) mass is 278 g/mol. The number of nitrogens with one attached hydrogen (secondary N) is 2. The molecule has 18 heavy (non-hydrogen) atoms. The van der Waals surface area contributed by atoms with E-state index in [1.165, 1.54) is 7.05 Å². The van der Waals surface area contributed by atoms with E-state index in [-0.39, 0.29) is 17.9 Å². The lowest BCUT2D eigenvalue weighted by atomic mass is 10.1. The molecule has 7 heteroatoms. The molecule has 1 unspecified atom stereocenters. The van der Waals surface area contributed by atoms with Gasteiger partial charge in [-0.1, -0.05) is 0 Å². The van der Waals surface area contributed by atoms with Crippen LogP contribution in [0.15, 0.2) is 18.2 Å². The second-order valence-electron chi connectivity index (χ2n) is 3.86. The minimum atomic E-state index is -3.30. The number of benzene rings is 1. The van der Waals surface area contributed by atoms with Gasteiger partial charge in [0, 0.05) is 18.2 Å². The Kier molecular flexibility index (Phi) is 5.18. The first kappa shape index (κ1) is 15.0. The SMILES string of the molecule is CNS(=O)(=O)CCNC(C)c1cc(F)ccc1F. The van der Waals surface area contributed by atoms with Crippen LogP contribution in [0.4, 0.5) is 8.78 Å². The predicted octanol–water partition coefficient (Wildman–Crippen LogP) is 1.16. The highest BCUT2D eigenvalue weighted by Gasteiger charge is 2.13. The molecule has 0 fully saturated rings. The third kappa shape index (κ3) is 4.32. The average Bonchev–Trinajstić information content (AvgIpc) is 2.32. The Hall–Kier alpha value is -1.05. The van der Waals surface area contributed by atoms with Gasteiger partial charge in [-0.15, -0.1) is 0 Å². The zero-order chi connectivity index (χ0) is 13.8.